The fraction of sp³-hybridized carbons (Fsp3) is 0.238. The van der Waals surface area contributed by atoms with Crippen molar-refractivity contribution in [2.75, 3.05) is 0 Å². The first kappa shape index (κ1) is 18.5. The van der Waals surface area contributed by atoms with E-state index in [1.165, 1.54) is 10.2 Å². The van der Waals surface area contributed by atoms with Crippen molar-refractivity contribution in [2.24, 2.45) is 5.10 Å². The predicted octanol–water partition coefficient (Wildman–Crippen LogP) is 3.11. The molecule has 0 aliphatic heterocycles. The predicted molar refractivity (Wildman–Crippen MR) is 107 cm³/mol. The first-order valence-electron chi connectivity index (χ1n) is 8.83. The van der Waals surface area contributed by atoms with Crippen LogP contribution in [0.1, 0.15) is 39.7 Å². The van der Waals surface area contributed by atoms with Crippen molar-refractivity contribution in [3.63, 3.8) is 0 Å². The number of nitrogens with one attached hydrogen (secondary N) is 1. The maximum absolute atomic E-state index is 12.6. The summed E-state index contributed by atoms with van der Waals surface area (Å²) in [5.74, 6) is -0.453. The zero-order valence-corrected chi connectivity index (χ0v) is 15.9. The van der Waals surface area contributed by atoms with Gasteiger partial charge >= 0.3 is 0 Å². The number of aromatic nitrogens is 2. The number of aryl methyl sites for hydroxylation is 4. The minimum Gasteiger partial charge on any atom is -0.267 e. The Hall–Kier alpha value is -3.28. The van der Waals surface area contributed by atoms with Gasteiger partial charge in [-0.1, -0.05) is 24.3 Å². The highest BCUT2D eigenvalue weighted by Gasteiger charge is 2.15. The molecule has 0 fully saturated rings. The monoisotopic (exact) mass is 362 g/mol. The first-order valence-corrected chi connectivity index (χ1v) is 8.83. The Morgan fingerprint density at radius 2 is 1.78 bits per heavy atom. The second-order valence-electron chi connectivity index (χ2n) is 6.51. The number of hydrazone groups is 1. The number of amides is 1. The van der Waals surface area contributed by atoms with E-state index in [-0.39, 0.29) is 11.3 Å². The van der Waals surface area contributed by atoms with Gasteiger partial charge in [0.2, 0.25) is 0 Å². The number of carbonyl (C=O) groups is 1. The van der Waals surface area contributed by atoms with E-state index in [0.717, 1.165) is 16.7 Å². The molecule has 1 N–H and O–H groups in total. The summed E-state index contributed by atoms with van der Waals surface area (Å²) >= 11 is 0. The molecule has 138 valence electrons. The quantitative estimate of drug-likeness (QED) is 0.572. The van der Waals surface area contributed by atoms with Crippen LogP contribution >= 0.6 is 0 Å². The van der Waals surface area contributed by atoms with Gasteiger partial charge in [-0.3, -0.25) is 9.59 Å². The van der Waals surface area contributed by atoms with Crippen molar-refractivity contribution in [3.8, 4) is 0 Å². The number of rotatable bonds is 4. The largest absolute Gasteiger partial charge is 0.292 e. The molecule has 0 radical (unpaired) electrons. The Morgan fingerprint density at radius 3 is 2.48 bits per heavy atom. The Labute approximate surface area is 157 Å². The summed E-state index contributed by atoms with van der Waals surface area (Å²) in [6, 6.07) is 11.1. The molecule has 27 heavy (non-hydrogen) atoms. The number of fused-ring (bicyclic) bond motifs is 1. The third-order valence-corrected chi connectivity index (χ3v) is 4.63. The maximum atomic E-state index is 12.6. The van der Waals surface area contributed by atoms with Crippen LogP contribution in [0.25, 0.3) is 10.8 Å². The van der Waals surface area contributed by atoms with Gasteiger partial charge in [-0.05, 0) is 62.1 Å². The smallest absolute Gasteiger partial charge is 0.267 e. The second-order valence-corrected chi connectivity index (χ2v) is 6.51. The summed E-state index contributed by atoms with van der Waals surface area (Å²) in [4.78, 5) is 25.0. The second kappa shape index (κ2) is 7.53. The highest BCUT2D eigenvalue weighted by Crippen LogP contribution is 2.14. The molecule has 0 saturated carbocycles. The van der Waals surface area contributed by atoms with E-state index in [1.54, 1.807) is 30.5 Å². The van der Waals surface area contributed by atoms with Gasteiger partial charge in [0, 0.05) is 11.9 Å². The molecule has 6 heteroatoms. The lowest BCUT2D eigenvalue weighted by molar-refractivity contribution is 0.0949. The molecule has 1 aromatic heterocycles. The minimum absolute atomic E-state index is 0.181. The molecule has 0 bridgehead atoms. The number of hydrogen-bond acceptors (Lipinski definition) is 4. The number of hydrogen-bond donors (Lipinski definition) is 1. The van der Waals surface area contributed by atoms with Crippen LogP contribution in [0.5, 0.6) is 0 Å². The zero-order chi connectivity index (χ0) is 19.6. The fourth-order valence-corrected chi connectivity index (χ4v) is 2.95. The number of benzene rings is 2. The van der Waals surface area contributed by atoms with E-state index in [2.05, 4.69) is 28.6 Å². The lowest BCUT2D eigenvalue weighted by atomic mass is 10.0. The van der Waals surface area contributed by atoms with Gasteiger partial charge in [0.05, 0.1) is 11.6 Å². The third kappa shape index (κ3) is 3.65. The van der Waals surface area contributed by atoms with Gasteiger partial charge < -0.3 is 0 Å². The molecule has 0 atom stereocenters. The Morgan fingerprint density at radius 1 is 1.11 bits per heavy atom. The summed E-state index contributed by atoms with van der Waals surface area (Å²) in [5, 5.41) is 9.27. The van der Waals surface area contributed by atoms with Crippen molar-refractivity contribution < 1.29 is 4.79 Å². The summed E-state index contributed by atoms with van der Waals surface area (Å²) in [5.41, 5.74) is 6.90. The Bertz CT molecular complexity index is 1110. The molecule has 0 saturated heterocycles. The SMILES string of the molecule is CCn1nc(C(=O)N/N=C\c2cc(C)c(C)cc2C)c2ccccc2c1=O. The summed E-state index contributed by atoms with van der Waals surface area (Å²) in [6.07, 6.45) is 1.62. The maximum Gasteiger partial charge on any atom is 0.292 e. The van der Waals surface area contributed by atoms with Crippen LogP contribution in [-0.4, -0.2) is 21.9 Å². The standard InChI is InChI=1S/C21H22N4O2/c1-5-25-21(27)18-9-7-6-8-17(18)19(24-25)20(26)23-22-12-16-11-14(3)13(2)10-15(16)4/h6-12H,5H2,1-4H3,(H,23,26)/b22-12-. The molecule has 2 aromatic carbocycles. The highest BCUT2D eigenvalue weighted by atomic mass is 16.2. The molecule has 1 amide bonds. The van der Waals surface area contributed by atoms with Crippen molar-refractivity contribution in [2.45, 2.75) is 34.2 Å². The van der Waals surface area contributed by atoms with Crippen molar-refractivity contribution in [1.82, 2.24) is 15.2 Å². The van der Waals surface area contributed by atoms with Gasteiger partial charge in [-0.25, -0.2) is 10.1 Å². The van der Waals surface area contributed by atoms with E-state index < -0.39 is 5.91 Å². The van der Waals surface area contributed by atoms with Crippen LogP contribution in [0.4, 0.5) is 0 Å². The Kier molecular flexibility index (Phi) is 5.16. The zero-order valence-electron chi connectivity index (χ0n) is 15.9. The molecule has 3 aromatic rings. The normalized spacial score (nSPS) is 11.3. The van der Waals surface area contributed by atoms with Crippen LogP contribution in [0, 0.1) is 20.8 Å². The van der Waals surface area contributed by atoms with E-state index >= 15 is 0 Å². The van der Waals surface area contributed by atoms with Gasteiger partial charge in [-0.2, -0.15) is 10.2 Å². The molecule has 0 aliphatic carbocycles. The average molecular weight is 362 g/mol. The number of carbonyl (C=O) groups excluding carboxylic acids is 1. The Balaban J connectivity index is 1.92. The summed E-state index contributed by atoms with van der Waals surface area (Å²) in [6.45, 7) is 8.29. The van der Waals surface area contributed by atoms with E-state index in [0.29, 0.717) is 17.3 Å². The van der Waals surface area contributed by atoms with E-state index in [9.17, 15) is 9.59 Å². The van der Waals surface area contributed by atoms with Crippen LogP contribution in [-0.2, 0) is 6.54 Å². The first-order chi connectivity index (χ1) is 12.9. The van der Waals surface area contributed by atoms with Crippen molar-refractivity contribution >= 4 is 22.9 Å². The molecule has 0 spiro atoms. The molecular weight excluding hydrogens is 340 g/mol. The van der Waals surface area contributed by atoms with Crippen molar-refractivity contribution in [1.29, 1.82) is 0 Å². The van der Waals surface area contributed by atoms with Crippen LogP contribution in [0.15, 0.2) is 46.3 Å². The molecule has 1 heterocycles. The van der Waals surface area contributed by atoms with Gasteiger partial charge in [0.15, 0.2) is 5.69 Å². The third-order valence-electron chi connectivity index (χ3n) is 4.63. The topological polar surface area (TPSA) is 76.3 Å². The molecular formula is C21H22N4O2. The highest BCUT2D eigenvalue weighted by molar-refractivity contribution is 6.05. The molecule has 0 unspecified atom stereocenters. The lowest BCUT2D eigenvalue weighted by Crippen LogP contribution is -2.28. The van der Waals surface area contributed by atoms with Gasteiger partial charge in [0.25, 0.3) is 11.5 Å². The van der Waals surface area contributed by atoms with E-state index in [1.807, 2.05) is 26.8 Å². The van der Waals surface area contributed by atoms with Gasteiger partial charge in [0.1, 0.15) is 0 Å². The van der Waals surface area contributed by atoms with Gasteiger partial charge in [-0.15, -0.1) is 0 Å². The molecule has 3 rings (SSSR count). The summed E-state index contributed by atoms with van der Waals surface area (Å²) in [7, 11) is 0. The van der Waals surface area contributed by atoms with Crippen LogP contribution in [0.2, 0.25) is 0 Å². The van der Waals surface area contributed by atoms with Crippen LogP contribution in [0.3, 0.4) is 0 Å². The summed E-state index contributed by atoms with van der Waals surface area (Å²) < 4.78 is 1.29. The molecule has 0 aliphatic rings. The average Bonchev–Trinajstić information content (AvgIpc) is 2.66. The van der Waals surface area contributed by atoms with Crippen LogP contribution < -0.4 is 11.0 Å². The van der Waals surface area contributed by atoms with E-state index in [4.69, 9.17) is 0 Å². The minimum atomic E-state index is -0.453. The fourth-order valence-electron chi connectivity index (χ4n) is 2.95. The van der Waals surface area contributed by atoms with Crippen molar-refractivity contribution in [3.05, 3.63) is 74.7 Å². The lowest BCUT2D eigenvalue weighted by Gasteiger charge is -2.08. The molecule has 6 nitrogen and oxygen atoms in total. The number of nitrogens with zero attached hydrogens (tertiary/aromatic N) is 3.